The summed E-state index contributed by atoms with van der Waals surface area (Å²) in [6.45, 7) is 2.12. The van der Waals surface area contributed by atoms with Crippen molar-refractivity contribution in [3.8, 4) is 0 Å². The fourth-order valence-electron chi connectivity index (χ4n) is 2.08. The molecule has 0 saturated carbocycles. The van der Waals surface area contributed by atoms with Crippen LogP contribution in [0.2, 0.25) is 10.0 Å². The number of sulfone groups is 1. The molecule has 0 radical (unpaired) electrons. The van der Waals surface area contributed by atoms with Crippen LogP contribution in [-0.4, -0.2) is 26.7 Å². The number of urea groups is 1. The molecule has 0 unspecified atom stereocenters. The lowest BCUT2D eigenvalue weighted by molar-refractivity contribution is 0.252. The maximum Gasteiger partial charge on any atom is 0.319 e. The van der Waals surface area contributed by atoms with Crippen LogP contribution in [0.3, 0.4) is 0 Å². The van der Waals surface area contributed by atoms with Gasteiger partial charge >= 0.3 is 6.03 Å². The van der Waals surface area contributed by atoms with Gasteiger partial charge in [-0.3, -0.25) is 0 Å². The van der Waals surface area contributed by atoms with Crippen LogP contribution < -0.4 is 10.6 Å². The first-order valence-corrected chi connectivity index (χ1v) is 9.98. The van der Waals surface area contributed by atoms with Gasteiger partial charge in [-0.2, -0.15) is 0 Å². The van der Waals surface area contributed by atoms with Gasteiger partial charge in [-0.25, -0.2) is 13.2 Å². The molecule has 2 rings (SSSR count). The van der Waals surface area contributed by atoms with E-state index in [1.54, 1.807) is 36.4 Å². The van der Waals surface area contributed by atoms with Crippen LogP contribution in [0.15, 0.2) is 47.4 Å². The predicted molar refractivity (Wildman–Crippen MR) is 101 cm³/mol. The van der Waals surface area contributed by atoms with Crippen molar-refractivity contribution >= 4 is 44.8 Å². The van der Waals surface area contributed by atoms with Gasteiger partial charge in [0.2, 0.25) is 0 Å². The summed E-state index contributed by atoms with van der Waals surface area (Å²) in [6, 6.07) is 11.0. The summed E-state index contributed by atoms with van der Waals surface area (Å²) < 4.78 is 24.4. The molecule has 134 valence electrons. The molecular weight excluding hydrogens is 383 g/mol. The third-order valence-electron chi connectivity index (χ3n) is 3.43. The van der Waals surface area contributed by atoms with Crippen molar-refractivity contribution in [3.63, 3.8) is 0 Å². The van der Waals surface area contributed by atoms with E-state index < -0.39 is 15.9 Å². The molecule has 2 aromatic carbocycles. The van der Waals surface area contributed by atoms with Gasteiger partial charge in [0, 0.05) is 11.6 Å². The lowest BCUT2D eigenvalue weighted by Gasteiger charge is -2.09. The van der Waals surface area contributed by atoms with E-state index in [-0.39, 0.29) is 17.2 Å². The normalized spacial score (nSPS) is 11.2. The number of anilines is 1. The molecule has 0 fully saturated rings. The van der Waals surface area contributed by atoms with Crippen LogP contribution in [0.5, 0.6) is 0 Å². The lowest BCUT2D eigenvalue weighted by Crippen LogP contribution is -2.30. The molecule has 0 spiro atoms. The molecule has 0 aliphatic rings. The van der Waals surface area contributed by atoms with E-state index in [2.05, 4.69) is 10.6 Å². The number of carbonyl (C=O) groups excluding carboxylic acids is 1. The Balaban J connectivity index is 1.80. The van der Waals surface area contributed by atoms with Gasteiger partial charge in [0.05, 0.1) is 21.4 Å². The monoisotopic (exact) mass is 400 g/mol. The van der Waals surface area contributed by atoms with Crippen molar-refractivity contribution < 1.29 is 13.2 Å². The fourth-order valence-corrected chi connectivity index (χ4v) is 3.85. The number of benzene rings is 2. The highest BCUT2D eigenvalue weighted by molar-refractivity contribution is 7.91. The second kappa shape index (κ2) is 8.56. The molecule has 0 aliphatic carbocycles. The third-order valence-corrected chi connectivity index (χ3v) is 5.80. The fraction of sp³-hybridized carbons (Fsp3) is 0.235. The summed E-state index contributed by atoms with van der Waals surface area (Å²) >= 11 is 11.8. The number of hydrogen-bond donors (Lipinski definition) is 2. The van der Waals surface area contributed by atoms with Crippen LogP contribution in [0.4, 0.5) is 10.5 Å². The number of nitrogens with one attached hydrogen (secondary N) is 2. The molecule has 0 aliphatic heterocycles. The quantitative estimate of drug-likeness (QED) is 0.710. The van der Waals surface area contributed by atoms with Gasteiger partial charge < -0.3 is 10.6 Å². The van der Waals surface area contributed by atoms with Crippen molar-refractivity contribution in [2.24, 2.45) is 0 Å². The van der Waals surface area contributed by atoms with Crippen molar-refractivity contribution in [2.75, 3.05) is 17.6 Å². The maximum atomic E-state index is 12.2. The topological polar surface area (TPSA) is 75.3 Å². The minimum absolute atomic E-state index is 0.0436. The van der Waals surface area contributed by atoms with Gasteiger partial charge in [-0.1, -0.05) is 40.9 Å². The van der Waals surface area contributed by atoms with Crippen LogP contribution in [-0.2, 0) is 9.84 Å². The van der Waals surface area contributed by atoms with Crippen molar-refractivity contribution in [1.82, 2.24) is 5.32 Å². The molecule has 5 nitrogen and oxygen atoms in total. The predicted octanol–water partition coefficient (Wildman–Crippen LogP) is 4.29. The molecule has 0 saturated heterocycles. The van der Waals surface area contributed by atoms with E-state index in [0.29, 0.717) is 22.2 Å². The number of rotatable bonds is 6. The van der Waals surface area contributed by atoms with E-state index in [1.807, 2.05) is 6.92 Å². The number of amides is 2. The minimum Gasteiger partial charge on any atom is -0.338 e. The van der Waals surface area contributed by atoms with E-state index in [9.17, 15) is 13.2 Å². The Kier molecular flexibility index (Phi) is 6.70. The largest absolute Gasteiger partial charge is 0.338 e. The molecule has 0 atom stereocenters. The number of hydrogen-bond acceptors (Lipinski definition) is 3. The molecular formula is C17H18Cl2N2O3S. The van der Waals surface area contributed by atoms with Crippen molar-refractivity contribution in [2.45, 2.75) is 18.2 Å². The molecule has 0 aromatic heterocycles. The van der Waals surface area contributed by atoms with Gasteiger partial charge in [0.15, 0.2) is 9.84 Å². The zero-order valence-corrected chi connectivity index (χ0v) is 15.9. The first kappa shape index (κ1) is 19.6. The van der Waals surface area contributed by atoms with Gasteiger partial charge in [0.25, 0.3) is 0 Å². The van der Waals surface area contributed by atoms with Gasteiger partial charge in [0.1, 0.15) is 0 Å². The van der Waals surface area contributed by atoms with Crippen LogP contribution in [0.25, 0.3) is 0 Å². The Morgan fingerprint density at radius 2 is 1.76 bits per heavy atom. The van der Waals surface area contributed by atoms with Gasteiger partial charge in [-0.05, 0) is 43.7 Å². The smallest absolute Gasteiger partial charge is 0.319 e. The van der Waals surface area contributed by atoms with Gasteiger partial charge in [-0.15, -0.1) is 0 Å². The molecule has 0 heterocycles. The zero-order chi connectivity index (χ0) is 18.4. The number of halogens is 2. The van der Waals surface area contributed by atoms with E-state index in [0.717, 1.165) is 5.56 Å². The summed E-state index contributed by atoms with van der Waals surface area (Å²) in [6.07, 6.45) is 0.304. The first-order valence-electron chi connectivity index (χ1n) is 7.57. The average molecular weight is 401 g/mol. The highest BCUT2D eigenvalue weighted by Gasteiger charge is 2.14. The first-order chi connectivity index (χ1) is 11.8. The van der Waals surface area contributed by atoms with E-state index in [1.165, 1.54) is 6.07 Å². The van der Waals surface area contributed by atoms with E-state index in [4.69, 9.17) is 23.2 Å². The highest BCUT2D eigenvalue weighted by atomic mass is 35.5. The standard InChI is InChI=1S/C17H18Cl2N2O3S/c1-12-3-6-14(7-4-12)25(23,24)10-2-9-20-17(22)21-16-8-5-13(18)11-15(16)19/h3-8,11H,2,9-10H2,1H3,(H2,20,21,22). The number of aryl methyl sites for hydroxylation is 1. The number of carbonyl (C=O) groups is 1. The molecule has 0 bridgehead atoms. The van der Waals surface area contributed by atoms with Crippen molar-refractivity contribution in [3.05, 3.63) is 58.1 Å². The Bertz CT molecular complexity index is 853. The maximum absolute atomic E-state index is 12.2. The summed E-state index contributed by atoms with van der Waals surface area (Å²) in [5.74, 6) is -0.0436. The van der Waals surface area contributed by atoms with Crippen molar-refractivity contribution in [1.29, 1.82) is 0 Å². The second-order valence-electron chi connectivity index (χ2n) is 5.49. The van der Waals surface area contributed by atoms with Crippen LogP contribution in [0, 0.1) is 6.92 Å². The van der Waals surface area contributed by atoms with E-state index >= 15 is 0 Å². The SMILES string of the molecule is Cc1ccc(S(=O)(=O)CCCNC(=O)Nc2ccc(Cl)cc2Cl)cc1. The molecule has 8 heteroatoms. The van der Waals surface area contributed by atoms with Crippen LogP contribution in [0.1, 0.15) is 12.0 Å². The second-order valence-corrected chi connectivity index (χ2v) is 8.44. The summed E-state index contributed by atoms with van der Waals surface area (Å²) in [5.41, 5.74) is 1.42. The lowest BCUT2D eigenvalue weighted by atomic mass is 10.2. The molecule has 25 heavy (non-hydrogen) atoms. The Morgan fingerprint density at radius 1 is 1.08 bits per heavy atom. The zero-order valence-electron chi connectivity index (χ0n) is 13.6. The molecule has 2 aromatic rings. The Labute approximate surface area is 157 Å². The molecule has 2 N–H and O–H groups in total. The summed E-state index contributed by atoms with van der Waals surface area (Å²) in [7, 11) is -3.35. The Hall–Kier alpha value is -1.76. The Morgan fingerprint density at radius 3 is 2.40 bits per heavy atom. The summed E-state index contributed by atoms with van der Waals surface area (Å²) in [5, 5.41) is 5.98. The third kappa shape index (κ3) is 5.92. The highest BCUT2D eigenvalue weighted by Crippen LogP contribution is 2.25. The average Bonchev–Trinajstić information content (AvgIpc) is 2.55. The van der Waals surface area contributed by atoms with Crippen LogP contribution >= 0.6 is 23.2 Å². The minimum atomic E-state index is -3.35. The molecule has 2 amide bonds. The summed E-state index contributed by atoms with van der Waals surface area (Å²) in [4.78, 5) is 12.1.